The van der Waals surface area contributed by atoms with Crippen LogP contribution in [-0.4, -0.2) is 16.0 Å². The van der Waals surface area contributed by atoms with Gasteiger partial charge in [-0.3, -0.25) is 0 Å². The van der Waals surface area contributed by atoms with Crippen LogP contribution in [0.15, 0.2) is 6.33 Å². The number of nitrogens with two attached hydrogens (primary N) is 1. The standard InChI is InChI=1S/C12H19ClN4/c1-7-4-3-5-9(8(7)2)17-12-10(13)11(14)15-6-16-12/h6-9H,3-5H2,1-2H3,(H3,14,15,16,17). The van der Waals surface area contributed by atoms with Gasteiger partial charge in [-0.05, 0) is 18.3 Å². The van der Waals surface area contributed by atoms with Gasteiger partial charge in [-0.1, -0.05) is 38.3 Å². The van der Waals surface area contributed by atoms with Crippen LogP contribution in [0.2, 0.25) is 5.02 Å². The van der Waals surface area contributed by atoms with Crippen LogP contribution in [0, 0.1) is 11.8 Å². The zero-order chi connectivity index (χ0) is 12.4. The highest BCUT2D eigenvalue weighted by Crippen LogP contribution is 2.33. The maximum Gasteiger partial charge on any atom is 0.150 e. The van der Waals surface area contributed by atoms with Gasteiger partial charge in [0.1, 0.15) is 17.2 Å². The molecule has 17 heavy (non-hydrogen) atoms. The van der Waals surface area contributed by atoms with E-state index in [1.54, 1.807) is 0 Å². The predicted octanol–water partition coefficient (Wildman–Crippen LogP) is 2.95. The Morgan fingerprint density at radius 1 is 1.35 bits per heavy atom. The molecule has 4 nitrogen and oxygen atoms in total. The molecule has 0 spiro atoms. The molecule has 5 heteroatoms. The quantitative estimate of drug-likeness (QED) is 0.852. The second-order valence-corrected chi connectivity index (χ2v) is 5.32. The Morgan fingerprint density at radius 2 is 2.12 bits per heavy atom. The summed E-state index contributed by atoms with van der Waals surface area (Å²) in [4.78, 5) is 8.02. The molecule has 3 atom stereocenters. The highest BCUT2D eigenvalue weighted by atomic mass is 35.5. The summed E-state index contributed by atoms with van der Waals surface area (Å²) in [7, 11) is 0. The third kappa shape index (κ3) is 2.63. The van der Waals surface area contributed by atoms with Crippen molar-refractivity contribution in [3.8, 4) is 0 Å². The summed E-state index contributed by atoms with van der Waals surface area (Å²) in [6, 6.07) is 0.422. The molecular weight excluding hydrogens is 236 g/mol. The second kappa shape index (κ2) is 5.08. The zero-order valence-corrected chi connectivity index (χ0v) is 11.0. The lowest BCUT2D eigenvalue weighted by atomic mass is 9.78. The normalized spacial score (nSPS) is 29.0. The van der Waals surface area contributed by atoms with Gasteiger partial charge in [0, 0.05) is 6.04 Å². The van der Waals surface area contributed by atoms with Crippen molar-refractivity contribution < 1.29 is 0 Å². The van der Waals surface area contributed by atoms with Crippen molar-refractivity contribution in [3.05, 3.63) is 11.3 Å². The summed E-state index contributed by atoms with van der Waals surface area (Å²) in [5, 5.41) is 3.84. The second-order valence-electron chi connectivity index (χ2n) is 4.94. The number of hydrogen-bond acceptors (Lipinski definition) is 4. The molecule has 0 bridgehead atoms. The molecule has 1 aliphatic rings. The Hall–Kier alpha value is -1.03. The van der Waals surface area contributed by atoms with E-state index in [1.165, 1.54) is 19.2 Å². The van der Waals surface area contributed by atoms with Gasteiger partial charge in [-0.25, -0.2) is 9.97 Å². The molecule has 1 aliphatic carbocycles. The molecule has 3 N–H and O–H groups in total. The highest BCUT2D eigenvalue weighted by molar-refractivity contribution is 6.35. The first kappa shape index (κ1) is 12.4. The predicted molar refractivity (Wildman–Crippen MR) is 71.0 cm³/mol. The van der Waals surface area contributed by atoms with Crippen molar-refractivity contribution in [2.24, 2.45) is 11.8 Å². The Labute approximate surface area is 107 Å². The first-order valence-corrected chi connectivity index (χ1v) is 6.50. The fourth-order valence-corrected chi connectivity index (χ4v) is 2.60. The minimum Gasteiger partial charge on any atom is -0.382 e. The lowest BCUT2D eigenvalue weighted by molar-refractivity contribution is 0.253. The lowest BCUT2D eigenvalue weighted by Gasteiger charge is -2.35. The van der Waals surface area contributed by atoms with Crippen LogP contribution in [0.25, 0.3) is 0 Å². The monoisotopic (exact) mass is 254 g/mol. The van der Waals surface area contributed by atoms with E-state index in [0.717, 1.165) is 12.3 Å². The molecule has 1 fully saturated rings. The van der Waals surface area contributed by atoms with Crippen LogP contribution in [0.1, 0.15) is 33.1 Å². The first-order valence-electron chi connectivity index (χ1n) is 6.12. The van der Waals surface area contributed by atoms with E-state index < -0.39 is 0 Å². The number of halogens is 1. The van der Waals surface area contributed by atoms with Gasteiger partial charge in [0.15, 0.2) is 5.82 Å². The molecule has 1 aromatic rings. The number of aromatic nitrogens is 2. The van der Waals surface area contributed by atoms with Gasteiger partial charge in [0.25, 0.3) is 0 Å². The number of nitrogens with one attached hydrogen (secondary N) is 1. The van der Waals surface area contributed by atoms with Crippen LogP contribution in [-0.2, 0) is 0 Å². The van der Waals surface area contributed by atoms with Crippen LogP contribution >= 0.6 is 11.6 Å². The smallest absolute Gasteiger partial charge is 0.150 e. The summed E-state index contributed by atoms with van der Waals surface area (Å²) < 4.78 is 0. The third-order valence-corrected chi connectivity index (χ3v) is 4.22. The lowest BCUT2D eigenvalue weighted by Crippen LogP contribution is -2.35. The topological polar surface area (TPSA) is 63.8 Å². The van der Waals surface area contributed by atoms with Gasteiger partial charge in [-0.15, -0.1) is 0 Å². The van der Waals surface area contributed by atoms with Gasteiger partial charge in [0.05, 0.1) is 0 Å². The van der Waals surface area contributed by atoms with Crippen LogP contribution < -0.4 is 11.1 Å². The summed E-state index contributed by atoms with van der Waals surface area (Å²) in [6.45, 7) is 4.58. The van der Waals surface area contributed by atoms with Crippen molar-refractivity contribution >= 4 is 23.2 Å². The Morgan fingerprint density at radius 3 is 2.88 bits per heavy atom. The maximum atomic E-state index is 6.08. The molecule has 0 amide bonds. The van der Waals surface area contributed by atoms with Crippen molar-refractivity contribution in [3.63, 3.8) is 0 Å². The number of nitrogens with zero attached hydrogens (tertiary/aromatic N) is 2. The average Bonchev–Trinajstić information content (AvgIpc) is 2.31. The molecule has 0 aromatic carbocycles. The Kier molecular flexibility index (Phi) is 3.72. The van der Waals surface area contributed by atoms with Gasteiger partial charge in [-0.2, -0.15) is 0 Å². The number of anilines is 2. The van der Waals surface area contributed by atoms with E-state index in [9.17, 15) is 0 Å². The molecular formula is C12H19ClN4. The first-order chi connectivity index (χ1) is 8.09. The summed E-state index contributed by atoms with van der Waals surface area (Å²) >= 11 is 6.08. The zero-order valence-electron chi connectivity index (χ0n) is 10.3. The number of hydrogen-bond donors (Lipinski definition) is 2. The molecule has 0 saturated heterocycles. The minimum absolute atomic E-state index is 0.334. The largest absolute Gasteiger partial charge is 0.382 e. The van der Waals surface area contributed by atoms with Gasteiger partial charge in [0.2, 0.25) is 0 Å². The number of rotatable bonds is 2. The molecule has 0 aliphatic heterocycles. The van der Waals surface area contributed by atoms with Crippen molar-refractivity contribution in [1.29, 1.82) is 0 Å². The highest BCUT2D eigenvalue weighted by Gasteiger charge is 2.27. The van der Waals surface area contributed by atoms with Crippen LogP contribution in [0.3, 0.4) is 0 Å². The van der Waals surface area contributed by atoms with E-state index >= 15 is 0 Å². The van der Waals surface area contributed by atoms with Gasteiger partial charge < -0.3 is 11.1 Å². The maximum absolute atomic E-state index is 6.08. The van der Waals surface area contributed by atoms with E-state index in [2.05, 4.69) is 29.1 Å². The van der Waals surface area contributed by atoms with Gasteiger partial charge >= 0.3 is 0 Å². The average molecular weight is 255 g/mol. The van der Waals surface area contributed by atoms with Crippen LogP contribution in [0.5, 0.6) is 0 Å². The third-order valence-electron chi connectivity index (χ3n) is 3.85. The SMILES string of the molecule is CC1CCCC(Nc2ncnc(N)c2Cl)C1C. The fraction of sp³-hybridized carbons (Fsp3) is 0.667. The molecule has 94 valence electrons. The van der Waals surface area contributed by atoms with E-state index in [0.29, 0.717) is 28.6 Å². The molecule has 1 aromatic heterocycles. The van der Waals surface area contributed by atoms with Crippen molar-refractivity contribution in [1.82, 2.24) is 9.97 Å². The molecule has 1 heterocycles. The van der Waals surface area contributed by atoms with Crippen LogP contribution in [0.4, 0.5) is 11.6 Å². The Bertz CT molecular complexity index is 396. The fourth-order valence-electron chi connectivity index (χ4n) is 2.45. The Balaban J connectivity index is 2.12. The van der Waals surface area contributed by atoms with Crippen molar-refractivity contribution in [2.45, 2.75) is 39.2 Å². The van der Waals surface area contributed by atoms with Crippen molar-refractivity contribution in [2.75, 3.05) is 11.1 Å². The summed E-state index contributed by atoms with van der Waals surface area (Å²) in [6.07, 6.45) is 5.16. The summed E-state index contributed by atoms with van der Waals surface area (Å²) in [5.74, 6) is 2.35. The summed E-state index contributed by atoms with van der Waals surface area (Å²) in [5.41, 5.74) is 5.66. The van der Waals surface area contributed by atoms with E-state index in [1.807, 2.05) is 0 Å². The molecule has 2 rings (SSSR count). The molecule has 3 unspecified atom stereocenters. The molecule has 0 radical (unpaired) electrons. The number of nitrogen functional groups attached to an aromatic ring is 1. The van der Waals surface area contributed by atoms with E-state index in [4.69, 9.17) is 17.3 Å². The van der Waals surface area contributed by atoms with E-state index in [-0.39, 0.29) is 0 Å². The minimum atomic E-state index is 0.334. The molecule has 1 saturated carbocycles.